The summed E-state index contributed by atoms with van der Waals surface area (Å²) in [4.78, 5) is 8.39. The molecular weight excluding hydrogens is 305 g/mol. The van der Waals surface area contributed by atoms with Gasteiger partial charge in [0.05, 0.1) is 6.61 Å². The van der Waals surface area contributed by atoms with E-state index >= 15 is 0 Å². The number of ether oxygens (including phenoxy) is 1. The molecule has 0 fully saturated rings. The van der Waals surface area contributed by atoms with E-state index in [4.69, 9.17) is 4.74 Å². The Kier molecular flexibility index (Phi) is 5.97. The van der Waals surface area contributed by atoms with E-state index in [0.29, 0.717) is 17.6 Å². The Morgan fingerprint density at radius 2 is 2.05 bits per heavy atom. The van der Waals surface area contributed by atoms with Gasteiger partial charge in [-0.2, -0.15) is 16.7 Å². The van der Waals surface area contributed by atoms with Gasteiger partial charge in [-0.05, 0) is 37.4 Å². The fraction of sp³-hybridized carbons (Fsp3) is 0.333. The number of nitrogens with zero attached hydrogens (tertiary/aromatic N) is 2. The van der Waals surface area contributed by atoms with Crippen molar-refractivity contribution in [3.63, 3.8) is 0 Å². The van der Waals surface area contributed by atoms with Crippen LogP contribution in [0, 0.1) is 5.82 Å². The molecule has 0 saturated heterocycles. The van der Waals surface area contributed by atoms with Crippen molar-refractivity contribution in [1.29, 1.82) is 0 Å². The Morgan fingerprint density at radius 3 is 2.68 bits per heavy atom. The molecule has 2 N–H and O–H groups in total. The quantitative estimate of drug-likeness (QED) is 0.816. The van der Waals surface area contributed by atoms with Crippen molar-refractivity contribution in [1.82, 2.24) is 9.97 Å². The average Bonchev–Trinajstić information content (AvgIpc) is 2.51. The molecule has 0 aliphatic heterocycles. The fourth-order valence-electron chi connectivity index (χ4n) is 1.83. The first-order valence-corrected chi connectivity index (χ1v) is 8.08. The van der Waals surface area contributed by atoms with Gasteiger partial charge in [-0.1, -0.05) is 0 Å². The molecule has 0 amide bonds. The number of hydrogen-bond acceptors (Lipinski definition) is 6. The first-order valence-electron chi connectivity index (χ1n) is 6.79. The summed E-state index contributed by atoms with van der Waals surface area (Å²) < 4.78 is 18.4. The van der Waals surface area contributed by atoms with Crippen molar-refractivity contribution >= 4 is 17.7 Å². The molecule has 0 saturated carbocycles. The van der Waals surface area contributed by atoms with Crippen molar-refractivity contribution in [2.45, 2.75) is 18.2 Å². The van der Waals surface area contributed by atoms with E-state index in [9.17, 15) is 9.50 Å². The summed E-state index contributed by atoms with van der Waals surface area (Å²) >= 11 is 1.57. The minimum atomic E-state index is -0.321. The molecule has 0 spiro atoms. The number of hydrogen-bond donors (Lipinski definition) is 2. The lowest BCUT2D eigenvalue weighted by molar-refractivity contribution is 0.288. The van der Waals surface area contributed by atoms with Gasteiger partial charge in [0.1, 0.15) is 11.6 Å². The Labute approximate surface area is 132 Å². The molecule has 118 valence electrons. The predicted molar refractivity (Wildman–Crippen MR) is 86.0 cm³/mol. The van der Waals surface area contributed by atoms with Crippen LogP contribution in [-0.2, 0) is 0 Å². The SMILES string of the molecule is CSC(CO)C(C)Nc1nccc(Oc2ccc(F)cc2)n1. The molecule has 0 bridgehead atoms. The summed E-state index contributed by atoms with van der Waals surface area (Å²) in [5.41, 5.74) is 0. The molecule has 2 aromatic rings. The molecule has 2 atom stereocenters. The lowest BCUT2D eigenvalue weighted by atomic mass is 10.2. The highest BCUT2D eigenvalue weighted by molar-refractivity contribution is 7.99. The number of thioether (sulfide) groups is 1. The molecule has 0 radical (unpaired) electrons. The van der Waals surface area contributed by atoms with Gasteiger partial charge in [-0.3, -0.25) is 0 Å². The normalized spacial score (nSPS) is 13.5. The summed E-state index contributed by atoms with van der Waals surface area (Å²) in [5, 5.41) is 12.5. The number of halogens is 1. The highest BCUT2D eigenvalue weighted by Gasteiger charge is 2.16. The lowest BCUT2D eigenvalue weighted by Gasteiger charge is -2.21. The van der Waals surface area contributed by atoms with Gasteiger partial charge >= 0.3 is 0 Å². The number of aromatic nitrogens is 2. The third-order valence-electron chi connectivity index (χ3n) is 3.06. The summed E-state index contributed by atoms with van der Waals surface area (Å²) in [5.74, 6) is 0.954. The topological polar surface area (TPSA) is 67.3 Å². The zero-order chi connectivity index (χ0) is 15.9. The minimum absolute atomic E-state index is 0.000992. The van der Waals surface area contributed by atoms with Crippen molar-refractivity contribution < 1.29 is 14.2 Å². The van der Waals surface area contributed by atoms with Crippen molar-refractivity contribution in [3.8, 4) is 11.6 Å². The van der Waals surface area contributed by atoms with E-state index in [1.54, 1.807) is 24.0 Å². The van der Waals surface area contributed by atoms with Gasteiger partial charge in [-0.25, -0.2) is 9.37 Å². The monoisotopic (exact) mass is 323 g/mol. The van der Waals surface area contributed by atoms with E-state index in [0.717, 1.165) is 0 Å². The second kappa shape index (κ2) is 7.95. The van der Waals surface area contributed by atoms with E-state index in [1.807, 2.05) is 13.2 Å². The molecule has 2 rings (SSSR count). The smallest absolute Gasteiger partial charge is 0.226 e. The van der Waals surface area contributed by atoms with Crippen LogP contribution in [0.2, 0.25) is 0 Å². The molecule has 22 heavy (non-hydrogen) atoms. The Morgan fingerprint density at radius 1 is 1.32 bits per heavy atom. The zero-order valence-electron chi connectivity index (χ0n) is 12.4. The van der Waals surface area contributed by atoms with Crippen LogP contribution >= 0.6 is 11.8 Å². The third kappa shape index (κ3) is 4.57. The van der Waals surface area contributed by atoms with Crippen LogP contribution in [0.15, 0.2) is 36.5 Å². The van der Waals surface area contributed by atoms with Crippen molar-refractivity contribution in [3.05, 3.63) is 42.3 Å². The van der Waals surface area contributed by atoms with E-state index in [-0.39, 0.29) is 23.7 Å². The van der Waals surface area contributed by atoms with Gasteiger partial charge in [0.15, 0.2) is 0 Å². The highest BCUT2D eigenvalue weighted by Crippen LogP contribution is 2.21. The number of rotatable bonds is 7. The molecule has 1 aromatic heterocycles. The number of aliphatic hydroxyl groups excluding tert-OH is 1. The maximum absolute atomic E-state index is 12.9. The third-order valence-corrected chi connectivity index (χ3v) is 4.23. The number of anilines is 1. The highest BCUT2D eigenvalue weighted by atomic mass is 32.2. The van der Waals surface area contributed by atoms with Crippen LogP contribution in [0.1, 0.15) is 6.92 Å². The van der Waals surface area contributed by atoms with Gasteiger partial charge in [0, 0.05) is 23.6 Å². The van der Waals surface area contributed by atoms with Gasteiger partial charge in [0.25, 0.3) is 0 Å². The first kappa shape index (κ1) is 16.5. The van der Waals surface area contributed by atoms with Crippen LogP contribution in [-0.4, -0.2) is 39.2 Å². The summed E-state index contributed by atoms with van der Waals surface area (Å²) in [7, 11) is 0. The van der Waals surface area contributed by atoms with Gasteiger partial charge in [0.2, 0.25) is 11.8 Å². The average molecular weight is 323 g/mol. The van der Waals surface area contributed by atoms with E-state index in [1.165, 1.54) is 24.3 Å². The Bertz CT molecular complexity index is 594. The second-order valence-corrected chi connectivity index (χ2v) is 5.74. The van der Waals surface area contributed by atoms with Crippen LogP contribution in [0.3, 0.4) is 0 Å². The van der Waals surface area contributed by atoms with Gasteiger partial charge < -0.3 is 15.2 Å². The summed E-state index contributed by atoms with van der Waals surface area (Å²) in [6, 6.07) is 7.33. The Balaban J connectivity index is 2.04. The Hall–Kier alpha value is -1.86. The number of nitrogens with one attached hydrogen (secondary N) is 1. The predicted octanol–water partition coefficient (Wildman–Crippen LogP) is 2.93. The summed E-state index contributed by atoms with van der Waals surface area (Å²) in [6.45, 7) is 2.02. The molecule has 0 aliphatic carbocycles. The molecule has 0 aliphatic rings. The number of benzene rings is 1. The first-order chi connectivity index (χ1) is 10.6. The van der Waals surface area contributed by atoms with Gasteiger partial charge in [-0.15, -0.1) is 0 Å². The van der Waals surface area contributed by atoms with E-state index < -0.39 is 0 Å². The largest absolute Gasteiger partial charge is 0.439 e. The molecule has 5 nitrogen and oxygen atoms in total. The van der Waals surface area contributed by atoms with Crippen LogP contribution in [0.5, 0.6) is 11.6 Å². The van der Waals surface area contributed by atoms with Crippen molar-refractivity contribution in [2.24, 2.45) is 0 Å². The van der Waals surface area contributed by atoms with Crippen LogP contribution in [0.25, 0.3) is 0 Å². The standard InChI is InChI=1S/C15H18FN3O2S/c1-10(13(9-20)22-2)18-15-17-8-7-14(19-15)21-12-5-3-11(16)4-6-12/h3-8,10,13,20H,9H2,1-2H3,(H,17,18,19). The number of aliphatic hydroxyl groups is 1. The maximum Gasteiger partial charge on any atom is 0.226 e. The second-order valence-electron chi connectivity index (χ2n) is 4.66. The molecule has 1 heterocycles. The molecule has 2 unspecified atom stereocenters. The summed E-state index contributed by atoms with van der Waals surface area (Å²) in [6.07, 6.45) is 3.52. The zero-order valence-corrected chi connectivity index (χ0v) is 13.2. The molecule has 7 heteroatoms. The molecular formula is C15H18FN3O2S. The molecule has 1 aromatic carbocycles. The van der Waals surface area contributed by atoms with Crippen LogP contribution in [0.4, 0.5) is 10.3 Å². The fourth-order valence-corrected chi connectivity index (χ4v) is 2.45. The lowest BCUT2D eigenvalue weighted by Crippen LogP contribution is -2.31. The van der Waals surface area contributed by atoms with Crippen LogP contribution < -0.4 is 10.1 Å². The minimum Gasteiger partial charge on any atom is -0.439 e. The van der Waals surface area contributed by atoms with Crippen molar-refractivity contribution in [2.75, 3.05) is 18.2 Å². The van der Waals surface area contributed by atoms with E-state index in [2.05, 4.69) is 15.3 Å². The maximum atomic E-state index is 12.9.